The van der Waals surface area contributed by atoms with E-state index in [0.717, 1.165) is 44.9 Å². The van der Waals surface area contributed by atoms with Crippen molar-refractivity contribution in [1.29, 1.82) is 0 Å². The highest BCUT2D eigenvalue weighted by Crippen LogP contribution is 2.18. The molecule has 0 aromatic heterocycles. The van der Waals surface area contributed by atoms with Gasteiger partial charge >= 0.3 is 5.97 Å². The molecule has 23 heavy (non-hydrogen) atoms. The minimum atomic E-state index is -0.0931. The summed E-state index contributed by atoms with van der Waals surface area (Å²) in [6.45, 7) is 4.60. The largest absolute Gasteiger partial charge is 0.469 e. The van der Waals surface area contributed by atoms with Gasteiger partial charge in [0.2, 0.25) is 0 Å². The Morgan fingerprint density at radius 3 is 2.52 bits per heavy atom. The van der Waals surface area contributed by atoms with Crippen LogP contribution in [0.4, 0.5) is 0 Å². The number of benzene rings is 1. The Morgan fingerprint density at radius 1 is 1.30 bits per heavy atom. The molecule has 0 amide bonds. The van der Waals surface area contributed by atoms with Crippen LogP contribution in [-0.2, 0) is 22.5 Å². The molecule has 5 heteroatoms. The van der Waals surface area contributed by atoms with Gasteiger partial charge in [-0.25, -0.2) is 0 Å². The normalized spacial score (nSPS) is 16.3. The van der Waals surface area contributed by atoms with E-state index < -0.39 is 0 Å². The molecule has 1 aromatic rings. The van der Waals surface area contributed by atoms with Gasteiger partial charge in [0, 0.05) is 26.7 Å². The van der Waals surface area contributed by atoms with Gasteiger partial charge in [-0.1, -0.05) is 31.2 Å². The number of hydrogen-bond donors (Lipinski definition) is 1. The van der Waals surface area contributed by atoms with E-state index in [1.165, 1.54) is 18.2 Å². The van der Waals surface area contributed by atoms with E-state index >= 15 is 0 Å². The van der Waals surface area contributed by atoms with Gasteiger partial charge in [0.15, 0.2) is 5.96 Å². The summed E-state index contributed by atoms with van der Waals surface area (Å²) < 4.78 is 4.84. The van der Waals surface area contributed by atoms with Crippen LogP contribution in [0.2, 0.25) is 0 Å². The number of likely N-dealkylation sites (tertiary alicyclic amines) is 1. The highest BCUT2D eigenvalue weighted by atomic mass is 16.5. The maximum absolute atomic E-state index is 11.6. The SMILES string of the molecule is CCc1ccccc1CNC(=NC)N1CCC(C(=O)OC)CC1. The number of nitrogens with zero attached hydrogens (tertiary/aromatic N) is 2. The first-order valence-corrected chi connectivity index (χ1v) is 8.29. The van der Waals surface area contributed by atoms with Crippen LogP contribution in [0, 0.1) is 5.92 Å². The third-order valence-corrected chi connectivity index (χ3v) is 4.48. The third kappa shape index (κ3) is 4.47. The number of carbonyl (C=O) groups excluding carboxylic acids is 1. The summed E-state index contributed by atoms with van der Waals surface area (Å²) in [4.78, 5) is 18.2. The number of aliphatic imine (C=N–C) groups is 1. The summed E-state index contributed by atoms with van der Waals surface area (Å²) in [6.07, 6.45) is 2.67. The molecule has 126 valence electrons. The minimum Gasteiger partial charge on any atom is -0.469 e. The molecule has 1 N–H and O–H groups in total. The first-order chi connectivity index (χ1) is 11.2. The molecule has 0 atom stereocenters. The Hall–Kier alpha value is -2.04. The lowest BCUT2D eigenvalue weighted by atomic mass is 9.97. The standard InChI is InChI=1S/C18H27N3O2/c1-4-14-7-5-6-8-16(14)13-20-18(19-2)21-11-9-15(10-12-21)17(22)23-3/h5-8,15H,4,9-13H2,1-3H3,(H,19,20). The van der Waals surface area contributed by atoms with Crippen LogP contribution in [0.15, 0.2) is 29.3 Å². The molecule has 1 aliphatic heterocycles. The Kier molecular flexibility index (Phi) is 6.44. The number of nitrogens with one attached hydrogen (secondary N) is 1. The van der Waals surface area contributed by atoms with Crippen molar-refractivity contribution < 1.29 is 9.53 Å². The van der Waals surface area contributed by atoms with Crippen LogP contribution in [0.3, 0.4) is 0 Å². The van der Waals surface area contributed by atoms with E-state index in [9.17, 15) is 4.79 Å². The molecule has 0 unspecified atom stereocenters. The second-order valence-corrected chi connectivity index (χ2v) is 5.81. The van der Waals surface area contributed by atoms with Crippen molar-refractivity contribution in [3.05, 3.63) is 35.4 Å². The minimum absolute atomic E-state index is 0.0233. The van der Waals surface area contributed by atoms with Gasteiger partial charge in [-0.3, -0.25) is 9.79 Å². The number of methoxy groups -OCH3 is 1. The Balaban J connectivity index is 1.90. The molecule has 0 bridgehead atoms. The van der Waals surface area contributed by atoms with Crippen LogP contribution in [-0.4, -0.2) is 44.1 Å². The average Bonchev–Trinajstić information content (AvgIpc) is 2.62. The Labute approximate surface area is 138 Å². The van der Waals surface area contributed by atoms with Gasteiger partial charge in [-0.15, -0.1) is 0 Å². The quantitative estimate of drug-likeness (QED) is 0.525. The molecule has 0 saturated carbocycles. The molecule has 5 nitrogen and oxygen atoms in total. The van der Waals surface area contributed by atoms with Gasteiger partial charge in [0.05, 0.1) is 13.0 Å². The number of hydrogen-bond acceptors (Lipinski definition) is 3. The first-order valence-electron chi connectivity index (χ1n) is 8.29. The monoisotopic (exact) mass is 317 g/mol. The maximum atomic E-state index is 11.6. The fourth-order valence-electron chi connectivity index (χ4n) is 3.08. The van der Waals surface area contributed by atoms with E-state index in [1.807, 2.05) is 0 Å². The molecule has 2 rings (SSSR count). The third-order valence-electron chi connectivity index (χ3n) is 4.48. The zero-order valence-electron chi connectivity index (χ0n) is 14.3. The Morgan fingerprint density at radius 2 is 1.96 bits per heavy atom. The van der Waals surface area contributed by atoms with Crippen molar-refractivity contribution in [1.82, 2.24) is 10.2 Å². The van der Waals surface area contributed by atoms with Crippen molar-refractivity contribution in [2.24, 2.45) is 10.9 Å². The van der Waals surface area contributed by atoms with Gasteiger partial charge < -0.3 is 15.0 Å². The summed E-state index contributed by atoms with van der Waals surface area (Å²) in [5.74, 6) is 0.832. The fourth-order valence-corrected chi connectivity index (χ4v) is 3.08. The number of ether oxygens (including phenoxy) is 1. The summed E-state index contributed by atoms with van der Waals surface area (Å²) in [6, 6.07) is 8.47. The number of piperidine rings is 1. The highest BCUT2D eigenvalue weighted by Gasteiger charge is 2.26. The number of guanidine groups is 1. The summed E-state index contributed by atoms with van der Waals surface area (Å²) in [7, 11) is 3.26. The van der Waals surface area contributed by atoms with Crippen LogP contribution < -0.4 is 5.32 Å². The van der Waals surface area contributed by atoms with Crippen molar-refractivity contribution >= 4 is 11.9 Å². The number of esters is 1. The van der Waals surface area contributed by atoms with E-state index in [-0.39, 0.29) is 11.9 Å². The maximum Gasteiger partial charge on any atom is 0.308 e. The lowest BCUT2D eigenvalue weighted by Crippen LogP contribution is -2.46. The summed E-state index contributed by atoms with van der Waals surface area (Å²) in [5.41, 5.74) is 2.67. The summed E-state index contributed by atoms with van der Waals surface area (Å²) in [5, 5.41) is 3.45. The summed E-state index contributed by atoms with van der Waals surface area (Å²) >= 11 is 0. The van der Waals surface area contributed by atoms with Crippen LogP contribution in [0.25, 0.3) is 0 Å². The van der Waals surface area contributed by atoms with Crippen molar-refractivity contribution in [3.63, 3.8) is 0 Å². The zero-order valence-corrected chi connectivity index (χ0v) is 14.3. The van der Waals surface area contributed by atoms with Crippen LogP contribution >= 0.6 is 0 Å². The van der Waals surface area contributed by atoms with Gasteiger partial charge in [0.1, 0.15) is 0 Å². The van der Waals surface area contributed by atoms with E-state index in [0.29, 0.717) is 0 Å². The van der Waals surface area contributed by atoms with Gasteiger partial charge in [-0.05, 0) is 30.4 Å². The molecule has 1 aromatic carbocycles. The van der Waals surface area contributed by atoms with Gasteiger partial charge in [0.25, 0.3) is 0 Å². The number of aryl methyl sites for hydroxylation is 1. The predicted molar refractivity (Wildman–Crippen MR) is 92.3 cm³/mol. The molecule has 0 spiro atoms. The van der Waals surface area contributed by atoms with Crippen LogP contribution in [0.1, 0.15) is 30.9 Å². The van der Waals surface area contributed by atoms with Crippen LogP contribution in [0.5, 0.6) is 0 Å². The molecule has 0 radical (unpaired) electrons. The molecular weight excluding hydrogens is 290 g/mol. The van der Waals surface area contributed by atoms with Crippen molar-refractivity contribution in [3.8, 4) is 0 Å². The molecule has 1 fully saturated rings. The number of carbonyl (C=O) groups is 1. The second kappa shape index (κ2) is 8.56. The molecular formula is C18H27N3O2. The van der Waals surface area contributed by atoms with Crippen molar-refractivity contribution in [2.75, 3.05) is 27.2 Å². The lowest BCUT2D eigenvalue weighted by Gasteiger charge is -2.33. The van der Waals surface area contributed by atoms with E-state index in [4.69, 9.17) is 4.74 Å². The molecule has 1 aliphatic rings. The molecule has 1 heterocycles. The number of rotatable bonds is 4. The highest BCUT2D eigenvalue weighted by molar-refractivity contribution is 5.80. The van der Waals surface area contributed by atoms with Gasteiger partial charge in [-0.2, -0.15) is 0 Å². The predicted octanol–water partition coefficient (Wildman–Crippen LogP) is 2.21. The topological polar surface area (TPSA) is 53.9 Å². The van der Waals surface area contributed by atoms with E-state index in [1.54, 1.807) is 7.05 Å². The smallest absolute Gasteiger partial charge is 0.308 e. The zero-order chi connectivity index (χ0) is 16.7. The molecule has 1 saturated heterocycles. The first kappa shape index (κ1) is 17.3. The molecule has 0 aliphatic carbocycles. The second-order valence-electron chi connectivity index (χ2n) is 5.81. The fraction of sp³-hybridized carbons (Fsp3) is 0.556. The van der Waals surface area contributed by atoms with E-state index in [2.05, 4.69) is 46.4 Å². The lowest BCUT2D eigenvalue weighted by molar-refractivity contribution is -0.146. The average molecular weight is 317 g/mol. The Bertz CT molecular complexity index is 549. The van der Waals surface area contributed by atoms with Crippen molar-refractivity contribution in [2.45, 2.75) is 32.7 Å².